The smallest absolute Gasteiger partial charge is 0.151 e. The van der Waals surface area contributed by atoms with Crippen molar-refractivity contribution in [1.82, 2.24) is 20.5 Å². The van der Waals surface area contributed by atoms with Crippen LogP contribution in [-0.4, -0.2) is 58.2 Å². The molecule has 1 saturated heterocycles. The van der Waals surface area contributed by atoms with Crippen molar-refractivity contribution in [1.29, 1.82) is 5.41 Å². The number of hydrogen-bond acceptors (Lipinski definition) is 9. The van der Waals surface area contributed by atoms with Gasteiger partial charge in [0.15, 0.2) is 5.82 Å². The lowest BCUT2D eigenvalue weighted by Gasteiger charge is -2.32. The summed E-state index contributed by atoms with van der Waals surface area (Å²) in [5.74, 6) is 0.825. The van der Waals surface area contributed by atoms with Crippen LogP contribution in [0.1, 0.15) is 13.8 Å². The van der Waals surface area contributed by atoms with E-state index >= 15 is 0 Å². The lowest BCUT2D eigenvalue weighted by Crippen LogP contribution is -2.49. The van der Waals surface area contributed by atoms with E-state index in [-0.39, 0.29) is 5.75 Å². The van der Waals surface area contributed by atoms with Gasteiger partial charge in [0.05, 0.1) is 11.9 Å². The number of anilines is 2. The zero-order chi connectivity index (χ0) is 20.1. The Morgan fingerprint density at radius 2 is 2.29 bits per heavy atom. The number of nitrogens with two attached hydrogens (primary N) is 1. The minimum Gasteiger partial charge on any atom is -0.506 e. The highest BCUT2D eigenvalue weighted by molar-refractivity contribution is 5.96. The van der Waals surface area contributed by atoms with Gasteiger partial charge in [0, 0.05) is 55.8 Å². The second-order valence-electron chi connectivity index (χ2n) is 6.84. The molecular weight excluding hydrogens is 356 g/mol. The topological polar surface area (TPSA) is 136 Å². The van der Waals surface area contributed by atoms with Gasteiger partial charge in [-0.05, 0) is 26.0 Å². The predicted octanol–water partition coefficient (Wildman–Crippen LogP) is 1.34. The Morgan fingerprint density at radius 1 is 1.46 bits per heavy atom. The fraction of sp³-hybridized carbons (Fsp3) is 0.368. The Morgan fingerprint density at radius 3 is 2.89 bits per heavy atom. The van der Waals surface area contributed by atoms with Gasteiger partial charge >= 0.3 is 0 Å². The van der Waals surface area contributed by atoms with Crippen molar-refractivity contribution in [3.63, 3.8) is 0 Å². The van der Waals surface area contributed by atoms with Crippen LogP contribution in [0.5, 0.6) is 5.75 Å². The van der Waals surface area contributed by atoms with E-state index < -0.39 is 0 Å². The minimum atomic E-state index is 0.00713. The summed E-state index contributed by atoms with van der Waals surface area (Å²) in [6, 6.07) is 5.70. The van der Waals surface area contributed by atoms with Gasteiger partial charge in [0.25, 0.3) is 0 Å². The van der Waals surface area contributed by atoms with Crippen LogP contribution in [0.25, 0.3) is 11.4 Å². The molecule has 1 atom stereocenters. The molecule has 0 aliphatic carbocycles. The maximum absolute atomic E-state index is 10.4. The molecule has 3 heterocycles. The summed E-state index contributed by atoms with van der Waals surface area (Å²) in [7, 11) is 0. The maximum atomic E-state index is 10.4. The van der Waals surface area contributed by atoms with Crippen LogP contribution in [-0.2, 0) is 0 Å². The van der Waals surface area contributed by atoms with E-state index in [1.54, 1.807) is 19.2 Å². The van der Waals surface area contributed by atoms with Crippen LogP contribution < -0.4 is 21.3 Å². The minimum absolute atomic E-state index is 0.00713. The van der Waals surface area contributed by atoms with Crippen molar-refractivity contribution < 1.29 is 5.11 Å². The zero-order valence-corrected chi connectivity index (χ0v) is 16.1. The Bertz CT molecular complexity index is 865. The molecule has 0 radical (unpaired) electrons. The molecule has 9 nitrogen and oxygen atoms in total. The summed E-state index contributed by atoms with van der Waals surface area (Å²) in [5.41, 5.74) is 8.08. The predicted molar refractivity (Wildman–Crippen MR) is 111 cm³/mol. The molecule has 1 unspecified atom stereocenters. The molecule has 0 saturated carbocycles. The van der Waals surface area contributed by atoms with Gasteiger partial charge < -0.3 is 31.8 Å². The van der Waals surface area contributed by atoms with Crippen molar-refractivity contribution in [3.8, 4) is 17.1 Å². The van der Waals surface area contributed by atoms with E-state index in [0.29, 0.717) is 40.9 Å². The van der Waals surface area contributed by atoms with E-state index in [0.717, 1.165) is 25.5 Å². The molecule has 0 bridgehead atoms. The molecule has 148 valence electrons. The summed E-state index contributed by atoms with van der Waals surface area (Å²) >= 11 is 0. The first-order valence-corrected chi connectivity index (χ1v) is 9.19. The van der Waals surface area contributed by atoms with Crippen LogP contribution in [0.15, 0.2) is 36.2 Å². The molecule has 2 aromatic heterocycles. The highest BCUT2D eigenvalue weighted by Gasteiger charge is 2.18. The molecule has 2 aromatic rings. The number of pyridine rings is 1. The van der Waals surface area contributed by atoms with E-state index in [1.165, 1.54) is 6.20 Å². The van der Waals surface area contributed by atoms with Crippen LogP contribution in [0.2, 0.25) is 0 Å². The Hall–Kier alpha value is -3.20. The summed E-state index contributed by atoms with van der Waals surface area (Å²) < 4.78 is 0. The van der Waals surface area contributed by atoms with Gasteiger partial charge in [-0.2, -0.15) is 0 Å². The zero-order valence-electron chi connectivity index (χ0n) is 16.1. The van der Waals surface area contributed by atoms with E-state index in [1.807, 2.05) is 12.1 Å². The van der Waals surface area contributed by atoms with Gasteiger partial charge in [0.2, 0.25) is 0 Å². The Balaban J connectivity index is 1.70. The molecular formula is C19H26N8O. The van der Waals surface area contributed by atoms with Gasteiger partial charge in [-0.25, -0.2) is 4.98 Å². The van der Waals surface area contributed by atoms with Crippen LogP contribution >= 0.6 is 0 Å². The SMILES string of the molecule is CC(=N)/C(=C\N)CNc1cnc(-c2ccc(N3CCNC(C)C3)nn2)c(O)c1. The average Bonchev–Trinajstić information content (AvgIpc) is 2.68. The molecule has 1 fully saturated rings. The normalized spacial score (nSPS) is 17.4. The fourth-order valence-corrected chi connectivity index (χ4v) is 3.02. The van der Waals surface area contributed by atoms with Crippen molar-refractivity contribution in [2.24, 2.45) is 5.73 Å². The number of rotatable bonds is 6. The standard InChI is InChI=1S/C19H26N8O/c1-12-11-27(6-5-22-12)18-4-3-16(25-26-18)19-17(28)7-15(10-24-19)23-9-14(8-20)13(2)21/h3-4,7-8,10,12,21-23,28H,5-6,9,11,20H2,1-2H3/b14-8-,21-13?. The lowest BCUT2D eigenvalue weighted by molar-refractivity contribution is 0.475. The van der Waals surface area contributed by atoms with E-state index in [4.69, 9.17) is 11.1 Å². The summed E-state index contributed by atoms with van der Waals surface area (Å²) in [6.07, 6.45) is 3.00. The summed E-state index contributed by atoms with van der Waals surface area (Å²) in [4.78, 5) is 6.49. The van der Waals surface area contributed by atoms with Crippen LogP contribution in [0.3, 0.4) is 0 Å². The van der Waals surface area contributed by atoms with Crippen molar-refractivity contribution in [2.45, 2.75) is 19.9 Å². The van der Waals surface area contributed by atoms with Gasteiger partial charge in [-0.3, -0.25) is 0 Å². The Labute approximate surface area is 164 Å². The molecule has 1 aliphatic rings. The number of piperazine rings is 1. The van der Waals surface area contributed by atoms with E-state index in [9.17, 15) is 5.11 Å². The molecule has 1 aliphatic heterocycles. The molecule has 0 spiro atoms. The first-order chi connectivity index (χ1) is 13.5. The maximum Gasteiger partial charge on any atom is 0.151 e. The van der Waals surface area contributed by atoms with Gasteiger partial charge in [0.1, 0.15) is 17.1 Å². The number of aromatic hydroxyl groups is 1. The molecule has 9 heteroatoms. The Kier molecular flexibility index (Phi) is 6.05. The quantitative estimate of drug-likeness (QED) is 0.472. The molecule has 3 rings (SSSR count). The third-order valence-electron chi connectivity index (χ3n) is 4.62. The second-order valence-corrected chi connectivity index (χ2v) is 6.84. The van der Waals surface area contributed by atoms with E-state index in [2.05, 4.69) is 37.6 Å². The number of nitrogens with one attached hydrogen (secondary N) is 3. The monoisotopic (exact) mass is 382 g/mol. The fourth-order valence-electron chi connectivity index (χ4n) is 3.02. The largest absolute Gasteiger partial charge is 0.506 e. The first kappa shape index (κ1) is 19.6. The van der Waals surface area contributed by atoms with Crippen molar-refractivity contribution in [2.75, 3.05) is 36.4 Å². The molecule has 6 N–H and O–H groups in total. The third-order valence-corrected chi connectivity index (χ3v) is 4.62. The molecule has 0 amide bonds. The highest BCUT2D eigenvalue weighted by Crippen LogP contribution is 2.28. The van der Waals surface area contributed by atoms with Crippen molar-refractivity contribution in [3.05, 3.63) is 36.2 Å². The van der Waals surface area contributed by atoms with Gasteiger partial charge in [-0.15, -0.1) is 10.2 Å². The van der Waals surface area contributed by atoms with Crippen LogP contribution in [0.4, 0.5) is 11.5 Å². The number of hydrogen-bond donors (Lipinski definition) is 5. The molecule has 0 aromatic carbocycles. The number of nitrogens with zero attached hydrogens (tertiary/aromatic N) is 4. The number of aromatic nitrogens is 3. The first-order valence-electron chi connectivity index (χ1n) is 9.19. The van der Waals surface area contributed by atoms with Gasteiger partial charge in [-0.1, -0.05) is 0 Å². The summed E-state index contributed by atoms with van der Waals surface area (Å²) in [5, 5.41) is 33.0. The second kappa shape index (κ2) is 8.66. The summed E-state index contributed by atoms with van der Waals surface area (Å²) in [6.45, 7) is 6.87. The van der Waals surface area contributed by atoms with Crippen molar-refractivity contribution >= 4 is 17.2 Å². The lowest BCUT2D eigenvalue weighted by atomic mass is 10.2. The highest BCUT2D eigenvalue weighted by atomic mass is 16.3. The molecule has 28 heavy (non-hydrogen) atoms. The third kappa shape index (κ3) is 4.55. The van der Waals surface area contributed by atoms with Crippen LogP contribution in [0, 0.1) is 5.41 Å². The average molecular weight is 382 g/mol.